The third-order valence-electron chi connectivity index (χ3n) is 7.80. The van der Waals surface area contributed by atoms with Crippen molar-refractivity contribution in [2.45, 2.75) is 121 Å². The molecule has 1 atom stereocenters. The highest BCUT2D eigenvalue weighted by Gasteiger charge is 2.23. The molecule has 7 heteroatoms. The first-order valence-corrected chi connectivity index (χ1v) is 15.8. The number of H-pyrrole nitrogens is 1. The van der Waals surface area contributed by atoms with Gasteiger partial charge in [0.25, 0.3) is 0 Å². The van der Waals surface area contributed by atoms with Gasteiger partial charge in [-0.15, -0.1) is 0 Å². The first kappa shape index (κ1) is 37.8. The fraction of sp³-hybridized carbons (Fsp3) is 0.588. The number of nitrogens with zero attached hydrogens (tertiary/aromatic N) is 3. The number of aromatic nitrogens is 4. The van der Waals surface area contributed by atoms with Gasteiger partial charge in [0.05, 0.1) is 6.20 Å². The highest BCUT2D eigenvalue weighted by molar-refractivity contribution is 5.71. The van der Waals surface area contributed by atoms with E-state index in [-0.39, 0.29) is 0 Å². The smallest absolute Gasteiger partial charge is 0.211 e. The number of nitrogens with one attached hydrogen (secondary N) is 3. The summed E-state index contributed by atoms with van der Waals surface area (Å²) in [7, 11) is 0. The van der Waals surface area contributed by atoms with E-state index in [1.807, 2.05) is 52.0 Å². The van der Waals surface area contributed by atoms with E-state index in [9.17, 15) is 4.79 Å². The van der Waals surface area contributed by atoms with Crippen molar-refractivity contribution in [3.05, 3.63) is 59.7 Å². The molecule has 0 spiro atoms. The number of hydrogen-bond donors (Lipinski definition) is 3. The molecule has 2 aromatic heterocycles. The molecule has 230 valence electrons. The molecular weight excluding hydrogens is 508 g/mol. The van der Waals surface area contributed by atoms with Crippen LogP contribution < -0.4 is 10.6 Å². The summed E-state index contributed by atoms with van der Waals surface area (Å²) >= 11 is 0. The minimum atomic E-state index is 0.652. The summed E-state index contributed by atoms with van der Waals surface area (Å²) in [5, 5.41) is 13.0. The van der Waals surface area contributed by atoms with E-state index in [0.717, 1.165) is 30.1 Å². The summed E-state index contributed by atoms with van der Waals surface area (Å²) in [5.41, 5.74) is 4.88. The van der Waals surface area contributed by atoms with Gasteiger partial charge in [0, 0.05) is 29.8 Å². The van der Waals surface area contributed by atoms with Crippen molar-refractivity contribution in [2.75, 3.05) is 10.6 Å². The molecule has 3 aromatic rings. The van der Waals surface area contributed by atoms with Crippen molar-refractivity contribution in [2.24, 2.45) is 11.3 Å². The Morgan fingerprint density at radius 2 is 1.63 bits per heavy atom. The Bertz CT molecular complexity index is 1040. The molecule has 0 saturated carbocycles. The van der Waals surface area contributed by atoms with Crippen LogP contribution >= 0.6 is 0 Å². The van der Waals surface area contributed by atoms with Crippen molar-refractivity contribution in [3.8, 4) is 0 Å². The standard InChI is InChI=1S/C17H18N6O.C13H28.2C2H6/c1-12-2-4-14(20-11-24)8-13(12)3-5-15-9-16(23-22-15)21-17-10-18-6-7-19-17;1-6-12(5)10-11-13(7-2,8-3)9-4;2*1-2/h2,4,6-11H,3,5H2,1H3,(H,20,24)(H2,19,21,22,23);12H,6-11H2,1-5H3;2*1-2H3. The maximum absolute atomic E-state index is 10.6. The molecule has 3 rings (SSSR count). The number of carbonyl (C=O) groups is 1. The van der Waals surface area contributed by atoms with Crippen LogP contribution in [0, 0.1) is 18.3 Å². The molecule has 0 aliphatic carbocycles. The Morgan fingerprint density at radius 3 is 2.20 bits per heavy atom. The van der Waals surface area contributed by atoms with Gasteiger partial charge in [-0.25, -0.2) is 4.98 Å². The largest absolute Gasteiger partial charge is 0.329 e. The molecule has 2 heterocycles. The van der Waals surface area contributed by atoms with E-state index in [1.54, 1.807) is 18.6 Å². The van der Waals surface area contributed by atoms with Crippen LogP contribution in [0.2, 0.25) is 0 Å². The Morgan fingerprint density at radius 1 is 0.951 bits per heavy atom. The van der Waals surface area contributed by atoms with Gasteiger partial charge in [-0.3, -0.25) is 14.9 Å². The number of carbonyl (C=O) groups excluding carboxylic acids is 1. The van der Waals surface area contributed by atoms with Gasteiger partial charge >= 0.3 is 0 Å². The highest BCUT2D eigenvalue weighted by atomic mass is 16.1. The second-order valence-electron chi connectivity index (χ2n) is 10.0. The second kappa shape index (κ2) is 22.5. The van der Waals surface area contributed by atoms with Crippen LogP contribution in [-0.4, -0.2) is 26.6 Å². The summed E-state index contributed by atoms with van der Waals surface area (Å²) in [6, 6.07) is 7.86. The quantitative estimate of drug-likeness (QED) is 0.169. The van der Waals surface area contributed by atoms with Crippen molar-refractivity contribution >= 4 is 23.7 Å². The van der Waals surface area contributed by atoms with E-state index < -0.39 is 0 Å². The lowest BCUT2D eigenvalue weighted by atomic mass is 9.74. The Balaban J connectivity index is 0.000000804. The molecule has 41 heavy (non-hydrogen) atoms. The fourth-order valence-electron chi connectivity index (χ4n) is 4.45. The predicted molar refractivity (Wildman–Crippen MR) is 177 cm³/mol. The van der Waals surface area contributed by atoms with Gasteiger partial charge in [0.1, 0.15) is 5.82 Å². The van der Waals surface area contributed by atoms with E-state index in [4.69, 9.17) is 0 Å². The van der Waals surface area contributed by atoms with E-state index in [1.165, 1.54) is 49.7 Å². The van der Waals surface area contributed by atoms with Crippen LogP contribution in [0.15, 0.2) is 42.9 Å². The molecular formula is C34H58N6O. The summed E-state index contributed by atoms with van der Waals surface area (Å²) < 4.78 is 0. The Kier molecular flexibility index (Phi) is 20.7. The Labute approximate surface area is 250 Å². The predicted octanol–water partition coefficient (Wildman–Crippen LogP) is 9.69. The van der Waals surface area contributed by atoms with Gasteiger partial charge in [-0.05, 0) is 60.8 Å². The second-order valence-corrected chi connectivity index (χ2v) is 10.0. The van der Waals surface area contributed by atoms with E-state index >= 15 is 0 Å². The average Bonchev–Trinajstić information content (AvgIpc) is 3.48. The molecule has 0 aliphatic rings. The van der Waals surface area contributed by atoms with E-state index in [2.05, 4.69) is 72.3 Å². The first-order valence-electron chi connectivity index (χ1n) is 15.8. The van der Waals surface area contributed by atoms with Gasteiger partial charge < -0.3 is 10.6 Å². The molecule has 7 nitrogen and oxygen atoms in total. The summed E-state index contributed by atoms with van der Waals surface area (Å²) in [6.07, 6.45) is 15.5. The Hall–Kier alpha value is -3.22. The van der Waals surface area contributed by atoms with Crippen molar-refractivity contribution in [1.29, 1.82) is 0 Å². The number of anilines is 3. The number of aromatic amines is 1. The van der Waals surface area contributed by atoms with Gasteiger partial charge in [0.15, 0.2) is 5.82 Å². The first-order chi connectivity index (χ1) is 19.9. The number of aryl methyl sites for hydroxylation is 3. The summed E-state index contributed by atoms with van der Waals surface area (Å²) in [6.45, 7) is 21.8. The lowest BCUT2D eigenvalue weighted by Crippen LogP contribution is -2.18. The topological polar surface area (TPSA) is 95.6 Å². The van der Waals surface area contributed by atoms with E-state index in [0.29, 0.717) is 23.5 Å². The minimum Gasteiger partial charge on any atom is -0.329 e. The van der Waals surface area contributed by atoms with Crippen LogP contribution in [-0.2, 0) is 17.6 Å². The highest BCUT2D eigenvalue weighted by Crippen LogP contribution is 2.36. The molecule has 0 aliphatic heterocycles. The number of hydrogen-bond acceptors (Lipinski definition) is 5. The molecule has 0 saturated heterocycles. The monoisotopic (exact) mass is 566 g/mol. The van der Waals surface area contributed by atoms with Crippen LogP contribution in [0.25, 0.3) is 0 Å². The van der Waals surface area contributed by atoms with Crippen LogP contribution in [0.3, 0.4) is 0 Å². The number of rotatable bonds is 14. The number of amides is 1. The zero-order valence-electron chi connectivity index (χ0n) is 27.6. The molecule has 1 amide bonds. The summed E-state index contributed by atoms with van der Waals surface area (Å²) in [4.78, 5) is 18.7. The molecule has 0 radical (unpaired) electrons. The number of benzene rings is 1. The minimum absolute atomic E-state index is 0.652. The maximum Gasteiger partial charge on any atom is 0.211 e. The van der Waals surface area contributed by atoms with Gasteiger partial charge in [-0.2, -0.15) is 5.10 Å². The van der Waals surface area contributed by atoms with Crippen LogP contribution in [0.5, 0.6) is 0 Å². The SMILES string of the molecule is CC.CC.CCC(C)CCC(CC)(CC)CC.Cc1ccc(NC=O)cc1CCc1cc(Nc2cnccn2)n[nH]1. The van der Waals surface area contributed by atoms with Crippen molar-refractivity contribution in [1.82, 2.24) is 20.2 Å². The average molecular weight is 567 g/mol. The lowest BCUT2D eigenvalue weighted by Gasteiger charge is -2.31. The third-order valence-corrected chi connectivity index (χ3v) is 7.80. The fourth-order valence-corrected chi connectivity index (χ4v) is 4.45. The van der Waals surface area contributed by atoms with Gasteiger partial charge in [-0.1, -0.05) is 100 Å². The molecule has 1 unspecified atom stereocenters. The summed E-state index contributed by atoms with van der Waals surface area (Å²) in [5.74, 6) is 2.28. The zero-order chi connectivity index (χ0) is 31.1. The van der Waals surface area contributed by atoms with Crippen LogP contribution in [0.4, 0.5) is 17.3 Å². The van der Waals surface area contributed by atoms with Crippen molar-refractivity contribution < 1.29 is 4.79 Å². The van der Waals surface area contributed by atoms with Gasteiger partial charge in [0.2, 0.25) is 6.41 Å². The molecule has 1 aromatic carbocycles. The maximum atomic E-state index is 10.6. The van der Waals surface area contributed by atoms with Crippen LogP contribution in [0.1, 0.15) is 118 Å². The molecule has 3 N–H and O–H groups in total. The normalized spacial score (nSPS) is 11.0. The zero-order valence-corrected chi connectivity index (χ0v) is 27.6. The van der Waals surface area contributed by atoms with Crippen molar-refractivity contribution in [3.63, 3.8) is 0 Å². The molecule has 0 bridgehead atoms. The third kappa shape index (κ3) is 14.3. The molecule has 0 fully saturated rings. The lowest BCUT2D eigenvalue weighted by molar-refractivity contribution is -0.105.